The van der Waals surface area contributed by atoms with Crippen molar-refractivity contribution in [2.75, 3.05) is 25.5 Å². The van der Waals surface area contributed by atoms with E-state index >= 15 is 0 Å². The Morgan fingerprint density at radius 2 is 1.64 bits per heavy atom. The van der Waals surface area contributed by atoms with Gasteiger partial charge in [0, 0.05) is 26.3 Å². The summed E-state index contributed by atoms with van der Waals surface area (Å²) < 4.78 is 0. The predicted octanol–water partition coefficient (Wildman–Crippen LogP) is 1.32. The Bertz CT molecular complexity index is 683. The maximum atomic E-state index is 12.3. The van der Waals surface area contributed by atoms with Gasteiger partial charge in [0.15, 0.2) is 0 Å². The number of nitrogens with one attached hydrogen (secondary N) is 1. The van der Waals surface area contributed by atoms with Crippen LogP contribution in [0.25, 0.3) is 0 Å². The molecule has 1 heterocycles. The molecule has 0 aromatic heterocycles. The maximum absolute atomic E-state index is 12.3. The number of amides is 3. The number of fused-ring (bicyclic) bond motifs is 1. The van der Waals surface area contributed by atoms with Crippen LogP contribution in [0, 0.1) is 11.8 Å². The lowest BCUT2D eigenvalue weighted by molar-refractivity contribution is -0.143. The van der Waals surface area contributed by atoms with E-state index < -0.39 is 0 Å². The molecule has 25 heavy (non-hydrogen) atoms. The molecule has 2 aliphatic rings. The summed E-state index contributed by atoms with van der Waals surface area (Å²) in [4.78, 5) is 40.0. The fraction of sp³-hybridized carbons (Fsp3) is 0.421. The van der Waals surface area contributed by atoms with Gasteiger partial charge in [-0.15, -0.1) is 0 Å². The Morgan fingerprint density at radius 3 is 2.16 bits per heavy atom. The van der Waals surface area contributed by atoms with E-state index in [2.05, 4.69) is 5.32 Å². The van der Waals surface area contributed by atoms with Gasteiger partial charge in [0.1, 0.15) is 6.54 Å². The van der Waals surface area contributed by atoms with E-state index in [0.29, 0.717) is 19.4 Å². The standard InChI is InChI=1S/C19H23N3O3/c1-21(2)14-9-7-13(8-10-14)11-20-17(23)12-22-18(24)15-5-3-4-6-16(15)19(22)25/h3-4,7-10,15-16H,5-6,11-12H2,1-2H3,(H,20,23)/t15-,16+. The van der Waals surface area contributed by atoms with Crippen LogP contribution in [0.15, 0.2) is 36.4 Å². The van der Waals surface area contributed by atoms with Crippen LogP contribution in [-0.2, 0) is 20.9 Å². The first-order chi connectivity index (χ1) is 12.0. The molecule has 0 bridgehead atoms. The molecule has 2 atom stereocenters. The summed E-state index contributed by atoms with van der Waals surface area (Å²) in [5, 5.41) is 2.78. The van der Waals surface area contributed by atoms with Crippen molar-refractivity contribution in [2.45, 2.75) is 19.4 Å². The summed E-state index contributed by atoms with van der Waals surface area (Å²) in [6.45, 7) is 0.178. The molecule has 6 heteroatoms. The van der Waals surface area contributed by atoms with Gasteiger partial charge in [-0.3, -0.25) is 19.3 Å². The third-order valence-electron chi connectivity index (χ3n) is 4.84. The van der Waals surface area contributed by atoms with E-state index in [1.807, 2.05) is 55.4 Å². The predicted molar refractivity (Wildman–Crippen MR) is 94.7 cm³/mol. The number of allylic oxidation sites excluding steroid dienone is 2. The van der Waals surface area contributed by atoms with Crippen LogP contribution in [-0.4, -0.2) is 43.3 Å². The number of benzene rings is 1. The summed E-state index contributed by atoms with van der Waals surface area (Å²) >= 11 is 0. The maximum Gasteiger partial charge on any atom is 0.240 e. The zero-order valence-corrected chi connectivity index (χ0v) is 14.6. The molecule has 1 aliphatic carbocycles. The molecule has 1 fully saturated rings. The Balaban J connectivity index is 1.54. The van der Waals surface area contributed by atoms with Crippen molar-refractivity contribution in [1.29, 1.82) is 0 Å². The van der Waals surface area contributed by atoms with Crippen molar-refractivity contribution in [3.05, 3.63) is 42.0 Å². The summed E-state index contributed by atoms with van der Waals surface area (Å²) in [6, 6.07) is 7.85. The van der Waals surface area contributed by atoms with Gasteiger partial charge in [0.05, 0.1) is 11.8 Å². The van der Waals surface area contributed by atoms with Crippen LogP contribution in [0.4, 0.5) is 5.69 Å². The van der Waals surface area contributed by atoms with Crippen LogP contribution >= 0.6 is 0 Å². The molecule has 6 nitrogen and oxygen atoms in total. The largest absolute Gasteiger partial charge is 0.378 e. The molecule has 132 valence electrons. The molecule has 1 aromatic carbocycles. The van der Waals surface area contributed by atoms with Crippen LogP contribution < -0.4 is 10.2 Å². The van der Waals surface area contributed by atoms with Gasteiger partial charge in [-0.25, -0.2) is 0 Å². The van der Waals surface area contributed by atoms with Crippen molar-refractivity contribution in [2.24, 2.45) is 11.8 Å². The SMILES string of the molecule is CN(C)c1ccc(CNC(=O)CN2C(=O)[C@H]3CC=CC[C@H]3C2=O)cc1. The van der Waals surface area contributed by atoms with Crippen LogP contribution in [0.2, 0.25) is 0 Å². The van der Waals surface area contributed by atoms with E-state index in [1.54, 1.807) is 0 Å². The van der Waals surface area contributed by atoms with E-state index in [-0.39, 0.29) is 36.1 Å². The zero-order valence-electron chi connectivity index (χ0n) is 14.6. The first-order valence-electron chi connectivity index (χ1n) is 8.50. The number of hydrogen-bond donors (Lipinski definition) is 1. The van der Waals surface area contributed by atoms with Gasteiger partial charge in [-0.2, -0.15) is 0 Å². The lowest BCUT2D eigenvalue weighted by Gasteiger charge is -2.15. The first-order valence-corrected chi connectivity index (χ1v) is 8.50. The highest BCUT2D eigenvalue weighted by molar-refractivity contribution is 6.07. The molecule has 0 radical (unpaired) electrons. The molecule has 0 saturated carbocycles. The fourth-order valence-electron chi connectivity index (χ4n) is 3.34. The highest BCUT2D eigenvalue weighted by Crippen LogP contribution is 2.34. The Kier molecular flexibility index (Phi) is 4.88. The summed E-state index contributed by atoms with van der Waals surface area (Å²) in [6.07, 6.45) is 5.05. The van der Waals surface area contributed by atoms with Gasteiger partial charge >= 0.3 is 0 Å². The fourth-order valence-corrected chi connectivity index (χ4v) is 3.34. The lowest BCUT2D eigenvalue weighted by Crippen LogP contribution is -2.40. The number of rotatable bonds is 5. The van der Waals surface area contributed by atoms with Gasteiger partial charge in [-0.05, 0) is 30.5 Å². The van der Waals surface area contributed by atoms with Gasteiger partial charge in [0.25, 0.3) is 0 Å². The average Bonchev–Trinajstić information content (AvgIpc) is 2.86. The third-order valence-corrected chi connectivity index (χ3v) is 4.84. The van der Waals surface area contributed by atoms with E-state index in [0.717, 1.165) is 16.2 Å². The summed E-state index contributed by atoms with van der Waals surface area (Å²) in [5.41, 5.74) is 2.05. The number of nitrogens with zero attached hydrogens (tertiary/aromatic N) is 2. The monoisotopic (exact) mass is 341 g/mol. The highest BCUT2D eigenvalue weighted by Gasteiger charge is 2.47. The molecule has 0 unspecified atom stereocenters. The quantitative estimate of drug-likeness (QED) is 0.648. The normalized spacial score (nSPS) is 22.1. The number of hydrogen-bond acceptors (Lipinski definition) is 4. The number of carbonyl (C=O) groups excluding carboxylic acids is 3. The molecule has 3 amide bonds. The van der Waals surface area contributed by atoms with Gasteiger partial charge in [0.2, 0.25) is 17.7 Å². The molecule has 1 aromatic rings. The molecule has 3 rings (SSSR count). The second-order valence-electron chi connectivity index (χ2n) is 6.76. The number of likely N-dealkylation sites (tertiary alicyclic amines) is 1. The average molecular weight is 341 g/mol. The first kappa shape index (κ1) is 17.2. The van der Waals surface area contributed by atoms with Gasteiger partial charge in [-0.1, -0.05) is 24.3 Å². The molecule has 1 aliphatic heterocycles. The Morgan fingerprint density at radius 1 is 1.08 bits per heavy atom. The second-order valence-corrected chi connectivity index (χ2v) is 6.76. The van der Waals surface area contributed by atoms with Crippen molar-refractivity contribution >= 4 is 23.4 Å². The van der Waals surface area contributed by atoms with Crippen molar-refractivity contribution < 1.29 is 14.4 Å². The molecule has 0 spiro atoms. The molecule has 1 saturated heterocycles. The Hall–Kier alpha value is -2.63. The second kappa shape index (κ2) is 7.09. The van der Waals surface area contributed by atoms with Crippen molar-refractivity contribution in [3.63, 3.8) is 0 Å². The van der Waals surface area contributed by atoms with Gasteiger partial charge < -0.3 is 10.2 Å². The summed E-state index contributed by atoms with van der Waals surface area (Å²) in [7, 11) is 3.93. The van der Waals surface area contributed by atoms with Crippen LogP contribution in [0.3, 0.4) is 0 Å². The minimum Gasteiger partial charge on any atom is -0.378 e. The number of anilines is 1. The van der Waals surface area contributed by atoms with E-state index in [4.69, 9.17) is 0 Å². The van der Waals surface area contributed by atoms with Crippen LogP contribution in [0.5, 0.6) is 0 Å². The highest BCUT2D eigenvalue weighted by atomic mass is 16.2. The van der Waals surface area contributed by atoms with Crippen molar-refractivity contribution in [1.82, 2.24) is 10.2 Å². The lowest BCUT2D eigenvalue weighted by atomic mass is 9.85. The summed E-state index contributed by atoms with van der Waals surface area (Å²) in [5.74, 6) is -1.33. The van der Waals surface area contributed by atoms with E-state index in [9.17, 15) is 14.4 Å². The molecule has 1 N–H and O–H groups in total. The zero-order chi connectivity index (χ0) is 18.0. The third kappa shape index (κ3) is 3.57. The smallest absolute Gasteiger partial charge is 0.240 e. The minimum absolute atomic E-state index is 0.194. The molecular formula is C19H23N3O3. The Labute approximate surface area is 147 Å². The molecular weight excluding hydrogens is 318 g/mol. The minimum atomic E-state index is -0.315. The van der Waals surface area contributed by atoms with E-state index in [1.165, 1.54) is 0 Å². The topological polar surface area (TPSA) is 69.7 Å². The number of carbonyl (C=O) groups is 3. The van der Waals surface area contributed by atoms with Crippen LogP contribution in [0.1, 0.15) is 18.4 Å². The van der Waals surface area contributed by atoms with Crippen molar-refractivity contribution in [3.8, 4) is 0 Å². The number of imide groups is 1.